The number of rotatable bonds is 3. The molecule has 8 nitrogen and oxygen atoms in total. The largest absolute Gasteiger partial charge is 0.496 e. The van der Waals surface area contributed by atoms with E-state index < -0.39 is 0 Å². The molecule has 108 valence electrons. The molecule has 0 amide bonds. The summed E-state index contributed by atoms with van der Waals surface area (Å²) < 4.78 is 5.47. The Balaban J connectivity index is 1.84. The van der Waals surface area contributed by atoms with Gasteiger partial charge in [-0.1, -0.05) is 6.07 Å². The Bertz CT molecular complexity index is 896. The Kier molecular flexibility index (Phi) is 2.78. The molecule has 22 heavy (non-hydrogen) atoms. The van der Waals surface area contributed by atoms with E-state index >= 15 is 0 Å². The molecule has 3 heterocycles. The van der Waals surface area contributed by atoms with Gasteiger partial charge in [-0.3, -0.25) is 4.98 Å². The highest BCUT2D eigenvalue weighted by Gasteiger charge is 2.13. The van der Waals surface area contributed by atoms with Gasteiger partial charge in [0, 0.05) is 11.8 Å². The molecule has 0 radical (unpaired) electrons. The van der Waals surface area contributed by atoms with Crippen LogP contribution in [0.25, 0.3) is 33.8 Å². The van der Waals surface area contributed by atoms with Crippen molar-refractivity contribution in [1.82, 2.24) is 35.6 Å². The number of pyridine rings is 1. The van der Waals surface area contributed by atoms with Crippen LogP contribution in [0.2, 0.25) is 0 Å². The zero-order valence-corrected chi connectivity index (χ0v) is 11.6. The van der Waals surface area contributed by atoms with E-state index in [1.54, 1.807) is 19.5 Å². The van der Waals surface area contributed by atoms with Gasteiger partial charge in [0.05, 0.1) is 29.9 Å². The zero-order valence-electron chi connectivity index (χ0n) is 11.6. The van der Waals surface area contributed by atoms with E-state index in [2.05, 4.69) is 35.6 Å². The van der Waals surface area contributed by atoms with Crippen molar-refractivity contribution in [2.24, 2.45) is 0 Å². The molecule has 0 fully saturated rings. The molecule has 4 aromatic rings. The maximum Gasteiger partial charge on any atom is 0.204 e. The molecular weight excluding hydrogens is 282 g/mol. The number of tetrazole rings is 1. The van der Waals surface area contributed by atoms with E-state index in [1.807, 2.05) is 24.3 Å². The highest BCUT2D eigenvalue weighted by molar-refractivity contribution is 5.80. The summed E-state index contributed by atoms with van der Waals surface area (Å²) in [5.74, 6) is 1.91. The first kappa shape index (κ1) is 12.5. The number of nitrogens with zero attached hydrogens (tertiary/aromatic N) is 5. The van der Waals surface area contributed by atoms with Gasteiger partial charge in [0.1, 0.15) is 11.6 Å². The van der Waals surface area contributed by atoms with Crippen molar-refractivity contribution in [1.29, 1.82) is 0 Å². The standard InChI is InChI=1S/C14H11N7O/c1-22-12-6-8(13-18-20-21-19-13)2-3-9(12)14-16-10-4-5-15-7-11(10)17-14/h2-7H,1H3,(H,16,17)(H,18,19,20,21). The summed E-state index contributed by atoms with van der Waals surface area (Å²) in [6.45, 7) is 0. The lowest BCUT2D eigenvalue weighted by molar-refractivity contribution is 0.416. The summed E-state index contributed by atoms with van der Waals surface area (Å²) in [5.41, 5.74) is 3.40. The molecule has 0 aliphatic heterocycles. The second-order valence-corrected chi connectivity index (χ2v) is 4.63. The van der Waals surface area contributed by atoms with Crippen LogP contribution >= 0.6 is 0 Å². The SMILES string of the molecule is COc1cc(-c2nn[nH]n2)ccc1-c1nc2ccncc2[nH]1. The van der Waals surface area contributed by atoms with E-state index in [9.17, 15) is 0 Å². The highest BCUT2D eigenvalue weighted by atomic mass is 16.5. The van der Waals surface area contributed by atoms with Crippen molar-refractivity contribution in [3.8, 4) is 28.5 Å². The normalized spacial score (nSPS) is 11.0. The minimum atomic E-state index is 0.513. The number of ether oxygens (including phenoxy) is 1. The molecule has 3 aromatic heterocycles. The molecule has 1 aromatic carbocycles. The van der Waals surface area contributed by atoms with Crippen LogP contribution in [-0.4, -0.2) is 42.7 Å². The summed E-state index contributed by atoms with van der Waals surface area (Å²) in [6.07, 6.45) is 3.45. The number of imidazole rings is 1. The molecule has 0 atom stereocenters. The maximum atomic E-state index is 5.47. The van der Waals surface area contributed by atoms with Crippen LogP contribution in [0.15, 0.2) is 36.7 Å². The van der Waals surface area contributed by atoms with Crippen LogP contribution in [0.5, 0.6) is 5.75 Å². The third kappa shape index (κ3) is 1.97. The first-order valence-corrected chi connectivity index (χ1v) is 6.57. The molecule has 4 rings (SSSR count). The van der Waals surface area contributed by atoms with Gasteiger partial charge in [-0.25, -0.2) is 4.98 Å². The molecule has 0 spiro atoms. The minimum Gasteiger partial charge on any atom is -0.496 e. The van der Waals surface area contributed by atoms with Gasteiger partial charge in [-0.05, 0) is 23.4 Å². The Morgan fingerprint density at radius 3 is 2.91 bits per heavy atom. The highest BCUT2D eigenvalue weighted by Crippen LogP contribution is 2.32. The Morgan fingerprint density at radius 1 is 1.18 bits per heavy atom. The second kappa shape index (κ2) is 4.92. The van der Waals surface area contributed by atoms with Gasteiger partial charge in [0.15, 0.2) is 0 Å². The van der Waals surface area contributed by atoms with Crippen molar-refractivity contribution >= 4 is 11.0 Å². The fourth-order valence-electron chi connectivity index (χ4n) is 2.29. The lowest BCUT2D eigenvalue weighted by atomic mass is 10.1. The van der Waals surface area contributed by atoms with Crippen LogP contribution in [0.3, 0.4) is 0 Å². The van der Waals surface area contributed by atoms with Gasteiger partial charge < -0.3 is 9.72 Å². The summed E-state index contributed by atoms with van der Waals surface area (Å²) in [4.78, 5) is 11.9. The summed E-state index contributed by atoms with van der Waals surface area (Å²) in [6, 6.07) is 7.52. The molecule has 0 aliphatic rings. The molecular formula is C14H11N7O. The van der Waals surface area contributed by atoms with Gasteiger partial charge >= 0.3 is 0 Å². The number of methoxy groups -OCH3 is 1. The van der Waals surface area contributed by atoms with E-state index in [4.69, 9.17) is 4.74 Å². The summed E-state index contributed by atoms with van der Waals surface area (Å²) >= 11 is 0. The number of hydrogen-bond acceptors (Lipinski definition) is 6. The average molecular weight is 293 g/mol. The van der Waals surface area contributed by atoms with Gasteiger partial charge in [-0.2, -0.15) is 5.21 Å². The second-order valence-electron chi connectivity index (χ2n) is 4.63. The van der Waals surface area contributed by atoms with Crippen molar-refractivity contribution < 1.29 is 4.74 Å². The van der Waals surface area contributed by atoms with Gasteiger partial charge in [-0.15, -0.1) is 10.2 Å². The molecule has 2 N–H and O–H groups in total. The number of hydrogen-bond donors (Lipinski definition) is 2. The number of benzene rings is 1. The number of aromatic amines is 2. The van der Waals surface area contributed by atoms with Crippen LogP contribution < -0.4 is 4.74 Å². The molecule has 0 saturated carbocycles. The Hall–Kier alpha value is -3.29. The zero-order chi connectivity index (χ0) is 14.9. The smallest absolute Gasteiger partial charge is 0.204 e. The average Bonchev–Trinajstić information content (AvgIpc) is 3.23. The lowest BCUT2D eigenvalue weighted by Crippen LogP contribution is -1.91. The number of fused-ring (bicyclic) bond motifs is 1. The Morgan fingerprint density at radius 2 is 2.14 bits per heavy atom. The van der Waals surface area contributed by atoms with Gasteiger partial charge in [0.25, 0.3) is 0 Å². The first-order chi connectivity index (χ1) is 10.8. The van der Waals surface area contributed by atoms with Crippen molar-refractivity contribution in [2.45, 2.75) is 0 Å². The predicted octanol–water partition coefficient (Wildman–Crippen LogP) is 1.81. The molecule has 0 bridgehead atoms. The molecule has 0 saturated heterocycles. The quantitative estimate of drug-likeness (QED) is 0.597. The maximum absolute atomic E-state index is 5.47. The summed E-state index contributed by atoms with van der Waals surface area (Å²) in [5, 5.41) is 13.9. The van der Waals surface area contributed by atoms with Crippen LogP contribution in [-0.2, 0) is 0 Å². The Labute approximate surface area is 124 Å². The van der Waals surface area contributed by atoms with Crippen molar-refractivity contribution in [2.75, 3.05) is 7.11 Å². The molecule has 0 aliphatic carbocycles. The molecule has 0 unspecified atom stereocenters. The number of H-pyrrole nitrogens is 2. The minimum absolute atomic E-state index is 0.513. The third-order valence-corrected chi connectivity index (χ3v) is 3.34. The lowest BCUT2D eigenvalue weighted by Gasteiger charge is -2.07. The predicted molar refractivity (Wildman–Crippen MR) is 79.0 cm³/mol. The van der Waals surface area contributed by atoms with Gasteiger partial charge in [0.2, 0.25) is 5.82 Å². The van der Waals surface area contributed by atoms with Crippen LogP contribution in [0.1, 0.15) is 0 Å². The third-order valence-electron chi connectivity index (χ3n) is 3.34. The summed E-state index contributed by atoms with van der Waals surface area (Å²) in [7, 11) is 1.61. The monoisotopic (exact) mass is 293 g/mol. The van der Waals surface area contributed by atoms with E-state index in [0.29, 0.717) is 11.6 Å². The van der Waals surface area contributed by atoms with Crippen molar-refractivity contribution in [3.05, 3.63) is 36.7 Å². The fraction of sp³-hybridized carbons (Fsp3) is 0.0714. The van der Waals surface area contributed by atoms with E-state index in [0.717, 1.165) is 28.0 Å². The number of nitrogens with one attached hydrogen (secondary N) is 2. The van der Waals surface area contributed by atoms with E-state index in [-0.39, 0.29) is 0 Å². The van der Waals surface area contributed by atoms with E-state index in [1.165, 1.54) is 0 Å². The van der Waals surface area contributed by atoms with Crippen LogP contribution in [0, 0.1) is 0 Å². The molecule has 8 heteroatoms. The topological polar surface area (TPSA) is 105 Å². The van der Waals surface area contributed by atoms with Crippen LogP contribution in [0.4, 0.5) is 0 Å². The fourth-order valence-corrected chi connectivity index (χ4v) is 2.29. The number of aromatic nitrogens is 7. The van der Waals surface area contributed by atoms with Crippen molar-refractivity contribution in [3.63, 3.8) is 0 Å². The first-order valence-electron chi connectivity index (χ1n) is 6.57.